The Morgan fingerprint density at radius 3 is 2.73 bits per heavy atom. The van der Waals surface area contributed by atoms with Gasteiger partial charge in [-0.25, -0.2) is 0 Å². The van der Waals surface area contributed by atoms with E-state index >= 15 is 0 Å². The average Bonchev–Trinajstić information content (AvgIpc) is 2.68. The zero-order valence-electron chi connectivity index (χ0n) is 14.7. The summed E-state index contributed by atoms with van der Waals surface area (Å²) in [7, 11) is 0. The van der Waals surface area contributed by atoms with Crippen molar-refractivity contribution in [2.45, 2.75) is 25.7 Å². The van der Waals surface area contributed by atoms with E-state index in [-0.39, 0.29) is 0 Å². The quantitative estimate of drug-likeness (QED) is 0.429. The molecule has 0 saturated carbocycles. The maximum Gasteiger partial charge on any atom is 0.0181 e. The Morgan fingerprint density at radius 2 is 1.85 bits per heavy atom. The largest absolute Gasteiger partial charge is 0.0836 e. The summed E-state index contributed by atoms with van der Waals surface area (Å²) in [5.41, 5.74) is 7.59. The molecule has 0 aromatic heterocycles. The van der Waals surface area contributed by atoms with E-state index in [1.807, 2.05) is 0 Å². The molecule has 0 saturated heterocycles. The fourth-order valence-electron chi connectivity index (χ4n) is 4.67. The first kappa shape index (κ1) is 16.1. The summed E-state index contributed by atoms with van der Waals surface area (Å²) in [6.45, 7) is 0. The number of fused-ring (bicyclic) bond motifs is 4. The number of hydrogen-bond donors (Lipinski definition) is 0. The van der Waals surface area contributed by atoms with Crippen LogP contribution < -0.4 is 0 Å². The van der Waals surface area contributed by atoms with Gasteiger partial charge in [-0.15, -0.1) is 0 Å². The molecule has 0 fully saturated rings. The van der Waals surface area contributed by atoms with Crippen LogP contribution >= 0.6 is 15.9 Å². The van der Waals surface area contributed by atoms with Crippen molar-refractivity contribution in [2.24, 2.45) is 5.92 Å². The minimum Gasteiger partial charge on any atom is -0.0836 e. The van der Waals surface area contributed by atoms with Crippen molar-refractivity contribution in [1.29, 1.82) is 0 Å². The molecule has 5 rings (SSSR count). The lowest BCUT2D eigenvalue weighted by Crippen LogP contribution is -2.20. The van der Waals surface area contributed by atoms with Crippen molar-refractivity contribution >= 4 is 32.3 Å². The predicted octanol–water partition coefficient (Wildman–Crippen LogP) is 7.12. The van der Waals surface area contributed by atoms with E-state index in [2.05, 4.69) is 88.7 Å². The second kappa shape index (κ2) is 6.55. The van der Waals surface area contributed by atoms with Crippen LogP contribution in [0.15, 0.2) is 82.9 Å². The Labute approximate surface area is 163 Å². The zero-order valence-corrected chi connectivity index (χ0v) is 16.3. The molecule has 0 N–H and O–H groups in total. The summed E-state index contributed by atoms with van der Waals surface area (Å²) in [5, 5.41) is 2.75. The number of halogens is 1. The number of allylic oxidation sites excluding steroid dienone is 4. The minimum atomic E-state index is 0.610. The van der Waals surface area contributed by atoms with Crippen LogP contribution in [0, 0.1) is 5.92 Å². The SMILES string of the molecule is Brc1ccc2c3c(ccc2c1)C1=C(CCC=C1)C(Cc1ccccc1)C3. The second-order valence-electron chi connectivity index (χ2n) is 7.43. The predicted molar refractivity (Wildman–Crippen MR) is 114 cm³/mol. The highest BCUT2D eigenvalue weighted by molar-refractivity contribution is 9.10. The molecule has 128 valence electrons. The van der Waals surface area contributed by atoms with Crippen molar-refractivity contribution in [3.63, 3.8) is 0 Å². The van der Waals surface area contributed by atoms with Crippen LogP contribution in [0.25, 0.3) is 16.3 Å². The summed E-state index contributed by atoms with van der Waals surface area (Å²) in [6, 6.07) is 22.3. The van der Waals surface area contributed by atoms with Crippen molar-refractivity contribution < 1.29 is 0 Å². The summed E-state index contributed by atoms with van der Waals surface area (Å²) < 4.78 is 1.15. The molecular weight excluding hydrogens is 380 g/mol. The van der Waals surface area contributed by atoms with E-state index in [4.69, 9.17) is 0 Å². The van der Waals surface area contributed by atoms with Gasteiger partial charge in [-0.3, -0.25) is 0 Å². The van der Waals surface area contributed by atoms with Crippen LogP contribution in [-0.2, 0) is 12.8 Å². The van der Waals surface area contributed by atoms with Gasteiger partial charge in [0.05, 0.1) is 0 Å². The van der Waals surface area contributed by atoms with Gasteiger partial charge in [0.2, 0.25) is 0 Å². The summed E-state index contributed by atoms with van der Waals surface area (Å²) in [6.07, 6.45) is 9.40. The second-order valence-corrected chi connectivity index (χ2v) is 8.34. The van der Waals surface area contributed by atoms with Crippen LogP contribution in [0.1, 0.15) is 29.5 Å². The first-order valence-electron chi connectivity index (χ1n) is 9.44. The standard InChI is InChI=1S/C25H21Br/c26-20-11-13-22-18(15-20)10-12-24-23-9-5-4-8-21(23)19(16-25(22)24)14-17-6-2-1-3-7-17/h1-3,5-7,9-13,15,19H,4,8,14,16H2. The van der Waals surface area contributed by atoms with Gasteiger partial charge in [0.15, 0.2) is 0 Å². The third-order valence-corrected chi connectivity index (χ3v) is 6.36. The summed E-state index contributed by atoms with van der Waals surface area (Å²) in [4.78, 5) is 0. The molecule has 0 heterocycles. The molecule has 1 unspecified atom stereocenters. The highest BCUT2D eigenvalue weighted by atomic mass is 79.9. The molecule has 3 aromatic carbocycles. The van der Waals surface area contributed by atoms with E-state index in [1.54, 1.807) is 5.57 Å². The van der Waals surface area contributed by atoms with Crippen LogP contribution in [0.3, 0.4) is 0 Å². The summed E-state index contributed by atoms with van der Waals surface area (Å²) >= 11 is 3.62. The van der Waals surface area contributed by atoms with Crippen LogP contribution in [0.2, 0.25) is 0 Å². The van der Waals surface area contributed by atoms with E-state index in [1.165, 1.54) is 45.9 Å². The first-order valence-corrected chi connectivity index (χ1v) is 10.2. The van der Waals surface area contributed by atoms with Gasteiger partial charge < -0.3 is 0 Å². The Balaban J connectivity index is 1.66. The monoisotopic (exact) mass is 400 g/mol. The molecular formula is C25H21Br. The molecule has 2 aliphatic rings. The van der Waals surface area contributed by atoms with Gasteiger partial charge in [-0.2, -0.15) is 0 Å². The third-order valence-electron chi connectivity index (χ3n) is 5.86. The molecule has 0 spiro atoms. The van der Waals surface area contributed by atoms with Gasteiger partial charge in [-0.1, -0.05) is 82.2 Å². The van der Waals surface area contributed by atoms with Crippen LogP contribution in [0.5, 0.6) is 0 Å². The number of benzene rings is 3. The molecule has 1 heteroatoms. The number of rotatable bonds is 2. The fraction of sp³-hybridized carbons (Fsp3) is 0.200. The Morgan fingerprint density at radius 1 is 0.962 bits per heavy atom. The molecule has 0 radical (unpaired) electrons. The van der Waals surface area contributed by atoms with E-state index in [0.717, 1.165) is 17.3 Å². The fourth-order valence-corrected chi connectivity index (χ4v) is 5.05. The topological polar surface area (TPSA) is 0 Å². The van der Waals surface area contributed by atoms with Crippen LogP contribution in [0.4, 0.5) is 0 Å². The van der Waals surface area contributed by atoms with Gasteiger partial charge in [0.1, 0.15) is 0 Å². The van der Waals surface area contributed by atoms with Crippen molar-refractivity contribution in [2.75, 3.05) is 0 Å². The van der Waals surface area contributed by atoms with Crippen molar-refractivity contribution in [3.05, 3.63) is 99.6 Å². The molecule has 0 nitrogen and oxygen atoms in total. The normalized spacial score (nSPS) is 18.7. The lowest BCUT2D eigenvalue weighted by molar-refractivity contribution is 0.575. The van der Waals surface area contributed by atoms with Crippen molar-refractivity contribution in [1.82, 2.24) is 0 Å². The Hall–Kier alpha value is -2.12. The molecule has 0 bridgehead atoms. The van der Waals surface area contributed by atoms with E-state index in [0.29, 0.717) is 5.92 Å². The lowest BCUT2D eigenvalue weighted by atomic mass is 9.72. The highest BCUT2D eigenvalue weighted by Crippen LogP contribution is 2.43. The Bertz CT molecular complexity index is 1040. The van der Waals surface area contributed by atoms with E-state index in [9.17, 15) is 0 Å². The zero-order chi connectivity index (χ0) is 17.5. The van der Waals surface area contributed by atoms with Gasteiger partial charge in [-0.05, 0) is 76.8 Å². The maximum absolute atomic E-state index is 3.62. The van der Waals surface area contributed by atoms with E-state index < -0.39 is 0 Å². The van der Waals surface area contributed by atoms with Crippen molar-refractivity contribution in [3.8, 4) is 0 Å². The molecule has 26 heavy (non-hydrogen) atoms. The van der Waals surface area contributed by atoms with Gasteiger partial charge >= 0.3 is 0 Å². The average molecular weight is 401 g/mol. The summed E-state index contributed by atoms with van der Waals surface area (Å²) in [5.74, 6) is 0.610. The van der Waals surface area contributed by atoms with Crippen LogP contribution in [-0.4, -0.2) is 0 Å². The Kier molecular flexibility index (Phi) is 4.05. The molecule has 1 atom stereocenters. The highest BCUT2D eigenvalue weighted by Gasteiger charge is 2.28. The van der Waals surface area contributed by atoms with Gasteiger partial charge in [0.25, 0.3) is 0 Å². The molecule has 2 aliphatic carbocycles. The third kappa shape index (κ3) is 2.75. The first-order chi connectivity index (χ1) is 12.8. The number of hydrogen-bond acceptors (Lipinski definition) is 0. The van der Waals surface area contributed by atoms with Gasteiger partial charge in [0, 0.05) is 4.47 Å². The smallest absolute Gasteiger partial charge is 0.0181 e. The minimum absolute atomic E-state index is 0.610. The molecule has 0 aliphatic heterocycles. The lowest BCUT2D eigenvalue weighted by Gasteiger charge is -2.32. The molecule has 3 aromatic rings. The maximum atomic E-state index is 3.62. The molecule has 0 amide bonds.